The number of ether oxygens (including phenoxy) is 1. The van der Waals surface area contributed by atoms with Crippen LogP contribution < -0.4 is 15.0 Å². The number of rotatable bonds is 10. The molecule has 3 aromatic rings. The van der Waals surface area contributed by atoms with E-state index in [0.29, 0.717) is 36.3 Å². The van der Waals surface area contributed by atoms with Crippen molar-refractivity contribution < 1.29 is 13.2 Å². The molecule has 1 N–H and O–H groups in total. The minimum atomic E-state index is -3.59. The highest BCUT2D eigenvalue weighted by Crippen LogP contribution is 2.30. The Kier molecular flexibility index (Phi) is 7.52. The average Bonchev–Trinajstić information content (AvgIpc) is 3.07. The summed E-state index contributed by atoms with van der Waals surface area (Å²) in [5, 5.41) is 4.50. The Labute approximate surface area is 193 Å². The van der Waals surface area contributed by atoms with Crippen molar-refractivity contribution >= 4 is 15.8 Å². The Bertz CT molecular complexity index is 1300. The zero-order chi connectivity index (χ0) is 24.2. The highest BCUT2D eigenvalue weighted by molar-refractivity contribution is 7.92. The molecule has 0 aliphatic rings. The zero-order valence-corrected chi connectivity index (χ0v) is 20.4. The van der Waals surface area contributed by atoms with Crippen molar-refractivity contribution in [1.29, 1.82) is 0 Å². The van der Waals surface area contributed by atoms with Crippen LogP contribution in [0.3, 0.4) is 0 Å². The van der Waals surface area contributed by atoms with Crippen LogP contribution in [0, 0.1) is 0 Å². The predicted octanol–water partition coefficient (Wildman–Crippen LogP) is 3.03. The lowest BCUT2D eigenvalue weighted by Crippen LogP contribution is -2.18. The number of unbranched alkanes of at least 4 members (excludes halogenated alkanes) is 1. The molecule has 0 spiro atoms. The Morgan fingerprint density at radius 2 is 1.85 bits per heavy atom. The van der Waals surface area contributed by atoms with Gasteiger partial charge in [0.1, 0.15) is 11.5 Å². The van der Waals surface area contributed by atoms with E-state index >= 15 is 0 Å². The summed E-state index contributed by atoms with van der Waals surface area (Å²) in [4.78, 5) is 20.6. The first-order valence-corrected chi connectivity index (χ1v) is 12.6. The van der Waals surface area contributed by atoms with E-state index in [1.165, 1.54) is 16.7 Å². The monoisotopic (exact) mass is 474 g/mol. The second kappa shape index (κ2) is 10.2. The van der Waals surface area contributed by atoms with Gasteiger partial charge < -0.3 is 9.30 Å². The van der Waals surface area contributed by atoms with Gasteiger partial charge in [-0.25, -0.2) is 8.42 Å². The Morgan fingerprint density at radius 1 is 1.09 bits per heavy atom. The summed E-state index contributed by atoms with van der Waals surface area (Å²) >= 11 is 0. The minimum absolute atomic E-state index is 0.00746. The largest absolute Gasteiger partial charge is 0.420 e. The van der Waals surface area contributed by atoms with Crippen LogP contribution in [-0.4, -0.2) is 38.5 Å². The predicted molar refractivity (Wildman–Crippen MR) is 127 cm³/mol. The number of hydrogen-bond acceptors (Lipinski definition) is 7. The van der Waals surface area contributed by atoms with Crippen molar-refractivity contribution in [3.8, 4) is 23.0 Å². The van der Waals surface area contributed by atoms with Crippen LogP contribution in [0.5, 0.6) is 11.8 Å². The number of nitrogens with one attached hydrogen (secondary N) is 1. The summed E-state index contributed by atoms with van der Waals surface area (Å²) < 4.78 is 36.8. The van der Waals surface area contributed by atoms with Gasteiger partial charge in [-0.1, -0.05) is 27.2 Å². The summed E-state index contributed by atoms with van der Waals surface area (Å²) in [5.41, 5.74) is 2.52. The van der Waals surface area contributed by atoms with Gasteiger partial charge in [-0.05, 0) is 25.3 Å². The fourth-order valence-electron chi connectivity index (χ4n) is 3.39. The normalized spacial score (nSPS) is 11.5. The second-order valence-corrected chi connectivity index (χ2v) is 9.56. The fraction of sp³-hybridized carbons (Fsp3) is 0.455. The number of hydrogen-bond donors (Lipinski definition) is 1. The summed E-state index contributed by atoms with van der Waals surface area (Å²) in [6.45, 7) is 5.90. The first kappa shape index (κ1) is 24.4. The zero-order valence-electron chi connectivity index (χ0n) is 19.6. The smallest absolute Gasteiger partial charge is 0.324 e. The van der Waals surface area contributed by atoms with Crippen LogP contribution in [0.2, 0.25) is 0 Å². The highest BCUT2D eigenvalue weighted by Gasteiger charge is 2.20. The van der Waals surface area contributed by atoms with E-state index in [0.717, 1.165) is 17.8 Å². The lowest BCUT2D eigenvalue weighted by Gasteiger charge is -2.12. The van der Waals surface area contributed by atoms with Crippen LogP contribution in [0.15, 0.2) is 29.2 Å². The number of aryl methyl sites for hydroxylation is 3. The van der Waals surface area contributed by atoms with Crippen LogP contribution in [0.25, 0.3) is 11.3 Å². The number of pyridine rings is 1. The third-order valence-electron chi connectivity index (χ3n) is 5.16. The van der Waals surface area contributed by atoms with Crippen molar-refractivity contribution in [3.05, 3.63) is 46.1 Å². The van der Waals surface area contributed by atoms with Gasteiger partial charge in [0, 0.05) is 38.0 Å². The maximum atomic E-state index is 12.5. The molecule has 3 heterocycles. The molecular formula is C22H30N6O4S. The first-order chi connectivity index (χ1) is 15.7. The Balaban J connectivity index is 2.09. The summed E-state index contributed by atoms with van der Waals surface area (Å²) in [6.07, 6.45) is 4.26. The molecule has 10 nitrogen and oxygen atoms in total. The average molecular weight is 475 g/mol. The van der Waals surface area contributed by atoms with E-state index in [1.54, 1.807) is 24.0 Å². The van der Waals surface area contributed by atoms with E-state index in [-0.39, 0.29) is 23.1 Å². The minimum Gasteiger partial charge on any atom is -0.420 e. The lowest BCUT2D eigenvalue weighted by molar-refractivity contribution is 0.433. The second-order valence-electron chi connectivity index (χ2n) is 7.72. The van der Waals surface area contributed by atoms with Gasteiger partial charge in [0.25, 0.3) is 0 Å². The van der Waals surface area contributed by atoms with E-state index < -0.39 is 10.0 Å². The van der Waals surface area contributed by atoms with Crippen molar-refractivity contribution in [1.82, 2.24) is 24.3 Å². The molecule has 0 bridgehead atoms. The molecule has 0 radical (unpaired) electrons. The number of nitrogens with zero attached hydrogens (tertiary/aromatic N) is 5. The topological polar surface area (TPSA) is 121 Å². The molecule has 0 aromatic carbocycles. The molecule has 3 aromatic heterocycles. The lowest BCUT2D eigenvalue weighted by atomic mass is 10.2. The molecule has 0 aliphatic carbocycles. The maximum absolute atomic E-state index is 12.5. The van der Waals surface area contributed by atoms with Crippen molar-refractivity contribution in [2.24, 2.45) is 14.1 Å². The molecule has 0 saturated carbocycles. The molecule has 11 heteroatoms. The van der Waals surface area contributed by atoms with E-state index in [2.05, 4.69) is 19.8 Å². The first-order valence-electron chi connectivity index (χ1n) is 11.0. The number of sulfonamides is 1. The molecule has 3 rings (SSSR count). The van der Waals surface area contributed by atoms with Crippen molar-refractivity contribution in [2.75, 3.05) is 10.5 Å². The van der Waals surface area contributed by atoms with Gasteiger partial charge >= 0.3 is 6.01 Å². The molecule has 0 amide bonds. The van der Waals surface area contributed by atoms with Gasteiger partial charge in [-0.3, -0.25) is 14.2 Å². The summed E-state index contributed by atoms with van der Waals surface area (Å²) in [6, 6.07) is 4.57. The van der Waals surface area contributed by atoms with Gasteiger partial charge in [-0.15, -0.1) is 0 Å². The maximum Gasteiger partial charge on any atom is 0.324 e. The molecule has 0 fully saturated rings. The van der Waals surface area contributed by atoms with E-state index in [1.807, 2.05) is 27.8 Å². The third kappa shape index (κ3) is 5.78. The van der Waals surface area contributed by atoms with E-state index in [9.17, 15) is 13.2 Å². The molecule has 33 heavy (non-hydrogen) atoms. The van der Waals surface area contributed by atoms with Gasteiger partial charge in [0.05, 0.1) is 17.1 Å². The molecule has 0 atom stereocenters. The van der Waals surface area contributed by atoms with Crippen LogP contribution in [0.1, 0.15) is 45.0 Å². The number of aromatic nitrogens is 5. The van der Waals surface area contributed by atoms with E-state index in [4.69, 9.17) is 4.74 Å². The molecule has 0 unspecified atom stereocenters. The van der Waals surface area contributed by atoms with Gasteiger partial charge in [0.15, 0.2) is 5.75 Å². The Hall–Kier alpha value is -3.21. The molecule has 178 valence electrons. The quantitative estimate of drug-likeness (QED) is 0.479. The van der Waals surface area contributed by atoms with Crippen LogP contribution in [-0.2, 0) is 37.0 Å². The standard InChI is InChI=1S/C22H30N6O4S/c1-6-9-12-33(30,31)26-19-13-17(15-10-11-20(29)27(4)14-15)23-22(24-19)32-21-16(7-2)25-28(5)18(21)8-3/h10-11,13-14H,6-9,12H2,1-5H3,(H,23,24,26). The van der Waals surface area contributed by atoms with Crippen LogP contribution in [0.4, 0.5) is 5.82 Å². The van der Waals surface area contributed by atoms with Crippen LogP contribution >= 0.6 is 0 Å². The summed E-state index contributed by atoms with van der Waals surface area (Å²) in [5.74, 6) is 0.654. The van der Waals surface area contributed by atoms with Gasteiger partial charge in [-0.2, -0.15) is 15.1 Å². The van der Waals surface area contributed by atoms with Crippen molar-refractivity contribution in [3.63, 3.8) is 0 Å². The molecular weight excluding hydrogens is 444 g/mol. The third-order valence-corrected chi connectivity index (χ3v) is 6.51. The Morgan fingerprint density at radius 3 is 2.48 bits per heavy atom. The fourth-order valence-corrected chi connectivity index (χ4v) is 4.59. The SMILES string of the molecule is CCCCS(=O)(=O)Nc1cc(-c2ccc(=O)n(C)c2)nc(Oc2c(CC)nn(C)c2CC)n1. The molecule has 0 aliphatic heterocycles. The highest BCUT2D eigenvalue weighted by atomic mass is 32.2. The number of anilines is 1. The van der Waals surface area contributed by atoms with Crippen molar-refractivity contribution in [2.45, 2.75) is 46.5 Å². The molecule has 0 saturated heterocycles. The van der Waals surface area contributed by atoms with Gasteiger partial charge in [0.2, 0.25) is 15.6 Å². The summed E-state index contributed by atoms with van der Waals surface area (Å²) in [7, 11) is -0.108.